The minimum absolute atomic E-state index is 0.0990. The van der Waals surface area contributed by atoms with Crippen molar-refractivity contribution in [1.82, 2.24) is 0 Å². The molecule has 0 fully saturated rings. The number of hydrogen-bond acceptors (Lipinski definition) is 1. The fourth-order valence-corrected chi connectivity index (χ4v) is 2.60. The lowest BCUT2D eigenvalue weighted by Gasteiger charge is -2.27. The summed E-state index contributed by atoms with van der Waals surface area (Å²) in [7, 11) is 0. The molecule has 19 heavy (non-hydrogen) atoms. The van der Waals surface area contributed by atoms with Crippen molar-refractivity contribution in [2.24, 2.45) is 0 Å². The van der Waals surface area contributed by atoms with Gasteiger partial charge in [-0.25, -0.2) is 0 Å². The number of alkyl halides is 2. The van der Waals surface area contributed by atoms with Crippen molar-refractivity contribution in [1.29, 1.82) is 0 Å². The first-order valence-electron chi connectivity index (χ1n) is 6.58. The Labute approximate surface area is 125 Å². The first kappa shape index (κ1) is 14.5. The SMILES string of the molecule is CC(Cl)CN(CC(C)Cl)c1ccc2ccccc2c1. The van der Waals surface area contributed by atoms with Crippen molar-refractivity contribution in [3.05, 3.63) is 42.5 Å². The van der Waals surface area contributed by atoms with Gasteiger partial charge in [0.1, 0.15) is 0 Å². The van der Waals surface area contributed by atoms with Crippen molar-refractivity contribution in [2.45, 2.75) is 24.6 Å². The molecule has 0 radical (unpaired) electrons. The van der Waals surface area contributed by atoms with E-state index in [1.54, 1.807) is 0 Å². The van der Waals surface area contributed by atoms with Gasteiger partial charge in [0.05, 0.1) is 0 Å². The second-order valence-corrected chi connectivity index (χ2v) is 6.49. The molecule has 2 aromatic carbocycles. The normalized spacial score (nSPS) is 14.3. The molecular weight excluding hydrogens is 277 g/mol. The Morgan fingerprint density at radius 2 is 1.47 bits per heavy atom. The zero-order valence-electron chi connectivity index (χ0n) is 11.3. The highest BCUT2D eigenvalue weighted by atomic mass is 35.5. The summed E-state index contributed by atoms with van der Waals surface area (Å²) in [6.07, 6.45) is 0. The number of anilines is 1. The average molecular weight is 296 g/mol. The first-order chi connectivity index (χ1) is 9.06. The third-order valence-corrected chi connectivity index (χ3v) is 3.32. The van der Waals surface area contributed by atoms with Crippen LogP contribution in [0.4, 0.5) is 5.69 Å². The Hall–Kier alpha value is -0.920. The van der Waals surface area contributed by atoms with E-state index in [9.17, 15) is 0 Å². The van der Waals surface area contributed by atoms with Crippen molar-refractivity contribution < 1.29 is 0 Å². The Bertz CT molecular complexity index is 527. The third kappa shape index (κ3) is 4.02. The van der Waals surface area contributed by atoms with Crippen LogP contribution in [0.5, 0.6) is 0 Å². The van der Waals surface area contributed by atoms with Crippen molar-refractivity contribution in [3.8, 4) is 0 Å². The fraction of sp³-hybridized carbons (Fsp3) is 0.375. The standard InChI is InChI=1S/C16H19Cl2N/c1-12(17)10-19(11-13(2)18)16-8-7-14-5-3-4-6-15(14)9-16/h3-9,12-13H,10-11H2,1-2H3. The Kier molecular flexibility index (Phi) is 4.95. The molecule has 0 saturated carbocycles. The van der Waals surface area contributed by atoms with Crippen LogP contribution in [0.3, 0.4) is 0 Å². The number of hydrogen-bond donors (Lipinski definition) is 0. The largest absolute Gasteiger partial charge is 0.369 e. The Balaban J connectivity index is 2.32. The van der Waals surface area contributed by atoms with Gasteiger partial charge >= 0.3 is 0 Å². The number of benzene rings is 2. The van der Waals surface area contributed by atoms with Gasteiger partial charge in [-0.05, 0) is 36.8 Å². The lowest BCUT2D eigenvalue weighted by molar-refractivity contribution is 0.754. The molecule has 0 aromatic heterocycles. The van der Waals surface area contributed by atoms with Gasteiger partial charge < -0.3 is 4.90 Å². The molecule has 2 rings (SSSR count). The summed E-state index contributed by atoms with van der Waals surface area (Å²) in [5.74, 6) is 0. The van der Waals surface area contributed by atoms with Gasteiger partial charge in [-0.3, -0.25) is 0 Å². The van der Waals surface area contributed by atoms with E-state index in [0.717, 1.165) is 13.1 Å². The average Bonchev–Trinajstić information content (AvgIpc) is 2.36. The number of rotatable bonds is 5. The van der Waals surface area contributed by atoms with Crippen molar-refractivity contribution >= 4 is 39.7 Å². The van der Waals surface area contributed by atoms with Gasteiger partial charge in [0.2, 0.25) is 0 Å². The van der Waals surface area contributed by atoms with E-state index in [-0.39, 0.29) is 10.8 Å². The topological polar surface area (TPSA) is 3.24 Å². The predicted molar refractivity (Wildman–Crippen MR) is 86.8 cm³/mol. The highest BCUT2D eigenvalue weighted by Crippen LogP contribution is 2.23. The predicted octanol–water partition coefficient (Wildman–Crippen LogP) is 4.90. The van der Waals surface area contributed by atoms with Crippen LogP contribution in [-0.2, 0) is 0 Å². The molecule has 3 heteroatoms. The minimum atomic E-state index is 0.0990. The summed E-state index contributed by atoms with van der Waals surface area (Å²) in [6.45, 7) is 5.62. The van der Waals surface area contributed by atoms with Crippen LogP contribution in [0, 0.1) is 0 Å². The van der Waals surface area contributed by atoms with E-state index in [2.05, 4.69) is 47.4 Å². The van der Waals surface area contributed by atoms with Gasteiger partial charge in [0, 0.05) is 29.5 Å². The lowest BCUT2D eigenvalue weighted by Crippen LogP contribution is -2.33. The molecule has 0 saturated heterocycles. The number of nitrogens with zero attached hydrogens (tertiary/aromatic N) is 1. The van der Waals surface area contributed by atoms with E-state index >= 15 is 0 Å². The number of fused-ring (bicyclic) bond motifs is 1. The summed E-state index contributed by atoms with van der Waals surface area (Å²) < 4.78 is 0. The van der Waals surface area contributed by atoms with E-state index < -0.39 is 0 Å². The maximum absolute atomic E-state index is 6.14. The molecule has 1 nitrogen and oxygen atoms in total. The van der Waals surface area contributed by atoms with Crippen LogP contribution in [-0.4, -0.2) is 23.8 Å². The molecule has 102 valence electrons. The third-order valence-electron chi connectivity index (χ3n) is 3.04. The van der Waals surface area contributed by atoms with Gasteiger partial charge in [0.25, 0.3) is 0 Å². The molecule has 2 aromatic rings. The second-order valence-electron chi connectivity index (χ2n) is 5.00. The molecule has 0 heterocycles. The summed E-state index contributed by atoms with van der Waals surface area (Å²) >= 11 is 12.3. The van der Waals surface area contributed by atoms with Crippen molar-refractivity contribution in [2.75, 3.05) is 18.0 Å². The summed E-state index contributed by atoms with van der Waals surface area (Å²) in [5, 5.41) is 2.70. The Morgan fingerprint density at radius 3 is 2.05 bits per heavy atom. The van der Waals surface area contributed by atoms with Crippen LogP contribution in [0.15, 0.2) is 42.5 Å². The highest BCUT2D eigenvalue weighted by Gasteiger charge is 2.12. The lowest BCUT2D eigenvalue weighted by atomic mass is 10.1. The van der Waals surface area contributed by atoms with Crippen molar-refractivity contribution in [3.63, 3.8) is 0 Å². The van der Waals surface area contributed by atoms with Gasteiger partial charge in [-0.1, -0.05) is 30.3 Å². The maximum Gasteiger partial charge on any atom is 0.0483 e. The van der Waals surface area contributed by atoms with Crippen LogP contribution in [0.25, 0.3) is 10.8 Å². The van der Waals surface area contributed by atoms with E-state index in [1.807, 2.05) is 13.8 Å². The monoisotopic (exact) mass is 295 g/mol. The molecule has 0 aliphatic carbocycles. The smallest absolute Gasteiger partial charge is 0.0483 e. The molecule has 0 bridgehead atoms. The van der Waals surface area contributed by atoms with E-state index in [1.165, 1.54) is 16.5 Å². The quantitative estimate of drug-likeness (QED) is 0.709. The summed E-state index contributed by atoms with van der Waals surface area (Å²) in [4.78, 5) is 2.25. The first-order valence-corrected chi connectivity index (χ1v) is 7.45. The van der Waals surface area contributed by atoms with Gasteiger partial charge in [-0.2, -0.15) is 0 Å². The fourth-order valence-electron chi connectivity index (χ4n) is 2.27. The van der Waals surface area contributed by atoms with Gasteiger partial charge in [-0.15, -0.1) is 23.2 Å². The Morgan fingerprint density at radius 1 is 0.895 bits per heavy atom. The summed E-state index contributed by atoms with van der Waals surface area (Å²) in [5.41, 5.74) is 1.18. The van der Waals surface area contributed by atoms with Crippen LogP contribution < -0.4 is 4.90 Å². The molecular formula is C16H19Cl2N. The van der Waals surface area contributed by atoms with E-state index in [0.29, 0.717) is 0 Å². The summed E-state index contributed by atoms with van der Waals surface area (Å²) in [6, 6.07) is 14.9. The van der Waals surface area contributed by atoms with E-state index in [4.69, 9.17) is 23.2 Å². The minimum Gasteiger partial charge on any atom is -0.369 e. The molecule has 0 spiro atoms. The molecule has 2 atom stereocenters. The van der Waals surface area contributed by atoms with Crippen LogP contribution in [0.2, 0.25) is 0 Å². The molecule has 0 amide bonds. The zero-order valence-corrected chi connectivity index (χ0v) is 12.8. The highest BCUT2D eigenvalue weighted by molar-refractivity contribution is 6.21. The molecule has 2 unspecified atom stereocenters. The number of halogens is 2. The second kappa shape index (κ2) is 6.49. The maximum atomic E-state index is 6.14. The molecule has 0 N–H and O–H groups in total. The molecule has 0 aliphatic rings. The van der Waals surface area contributed by atoms with Crippen LogP contribution >= 0.6 is 23.2 Å². The van der Waals surface area contributed by atoms with Crippen LogP contribution in [0.1, 0.15) is 13.8 Å². The zero-order chi connectivity index (χ0) is 13.8. The van der Waals surface area contributed by atoms with Gasteiger partial charge in [0.15, 0.2) is 0 Å². The molecule has 0 aliphatic heterocycles.